The second-order valence-corrected chi connectivity index (χ2v) is 5.69. The maximum absolute atomic E-state index is 11.6. The fraction of sp³-hybridized carbons (Fsp3) is 0.929. The Balaban J connectivity index is 1.47. The molecule has 1 amide bonds. The van der Waals surface area contributed by atoms with Crippen molar-refractivity contribution in [3.8, 4) is 0 Å². The van der Waals surface area contributed by atoms with Crippen LogP contribution in [0, 0.1) is 11.8 Å². The van der Waals surface area contributed by atoms with Gasteiger partial charge in [-0.05, 0) is 50.6 Å². The van der Waals surface area contributed by atoms with Crippen molar-refractivity contribution in [2.75, 3.05) is 19.6 Å². The highest BCUT2D eigenvalue weighted by atomic mass is 16.1. The lowest BCUT2D eigenvalue weighted by atomic mass is 9.83. The standard InChI is InChI=1S/C14H26N2O/c17-14(16-10-8-12-3-1-4-12)7-6-13-5-2-9-15-11-13/h12-13,15H,1-11H2,(H,16,17). The minimum absolute atomic E-state index is 0.259. The predicted octanol–water partition coefficient (Wildman–Crippen LogP) is 2.07. The number of nitrogens with one attached hydrogen (secondary N) is 2. The summed E-state index contributed by atoms with van der Waals surface area (Å²) in [6.45, 7) is 3.16. The number of amides is 1. The molecule has 1 saturated heterocycles. The van der Waals surface area contributed by atoms with E-state index < -0.39 is 0 Å². The quantitative estimate of drug-likeness (QED) is 0.744. The fourth-order valence-electron chi connectivity index (χ4n) is 2.79. The summed E-state index contributed by atoms with van der Waals surface area (Å²) in [7, 11) is 0. The first-order valence-electron chi connectivity index (χ1n) is 7.32. The molecule has 2 aliphatic rings. The summed E-state index contributed by atoms with van der Waals surface area (Å²) < 4.78 is 0. The predicted molar refractivity (Wildman–Crippen MR) is 69.8 cm³/mol. The maximum atomic E-state index is 11.6. The molecule has 2 fully saturated rings. The Morgan fingerprint density at radius 2 is 1.94 bits per heavy atom. The zero-order valence-electron chi connectivity index (χ0n) is 10.8. The van der Waals surface area contributed by atoms with Gasteiger partial charge in [-0.25, -0.2) is 0 Å². The largest absolute Gasteiger partial charge is 0.356 e. The molecule has 1 aliphatic carbocycles. The summed E-state index contributed by atoms with van der Waals surface area (Å²) in [6.07, 6.45) is 9.69. The van der Waals surface area contributed by atoms with E-state index in [0.717, 1.165) is 44.3 Å². The second kappa shape index (κ2) is 7.00. The third kappa shape index (κ3) is 4.66. The van der Waals surface area contributed by atoms with Crippen LogP contribution in [-0.2, 0) is 4.79 Å². The summed E-state index contributed by atoms with van der Waals surface area (Å²) in [5, 5.41) is 6.46. The van der Waals surface area contributed by atoms with Crippen molar-refractivity contribution >= 4 is 5.91 Å². The van der Waals surface area contributed by atoms with E-state index in [-0.39, 0.29) is 5.91 Å². The lowest BCUT2D eigenvalue weighted by Crippen LogP contribution is -2.32. The molecular formula is C14H26N2O. The highest BCUT2D eigenvalue weighted by Crippen LogP contribution is 2.28. The average Bonchev–Trinajstić information content (AvgIpc) is 2.31. The molecule has 0 aromatic heterocycles. The van der Waals surface area contributed by atoms with Crippen molar-refractivity contribution in [3.05, 3.63) is 0 Å². The molecule has 2 rings (SSSR count). The summed E-state index contributed by atoms with van der Waals surface area (Å²) >= 11 is 0. The molecule has 1 aliphatic heterocycles. The molecule has 1 heterocycles. The molecule has 0 aromatic carbocycles. The maximum Gasteiger partial charge on any atom is 0.220 e. The van der Waals surface area contributed by atoms with Crippen molar-refractivity contribution in [3.63, 3.8) is 0 Å². The van der Waals surface area contributed by atoms with Gasteiger partial charge in [-0.15, -0.1) is 0 Å². The third-order valence-corrected chi connectivity index (χ3v) is 4.28. The monoisotopic (exact) mass is 238 g/mol. The molecule has 17 heavy (non-hydrogen) atoms. The van der Waals surface area contributed by atoms with Crippen LogP contribution in [0.5, 0.6) is 0 Å². The van der Waals surface area contributed by atoms with Crippen molar-refractivity contribution < 1.29 is 4.79 Å². The van der Waals surface area contributed by atoms with Crippen LogP contribution in [0.1, 0.15) is 51.4 Å². The van der Waals surface area contributed by atoms with Gasteiger partial charge in [-0.1, -0.05) is 19.3 Å². The van der Waals surface area contributed by atoms with Gasteiger partial charge in [0.05, 0.1) is 0 Å². The van der Waals surface area contributed by atoms with Gasteiger partial charge in [-0.2, -0.15) is 0 Å². The molecule has 0 aromatic rings. The van der Waals surface area contributed by atoms with E-state index in [2.05, 4.69) is 10.6 Å². The van der Waals surface area contributed by atoms with E-state index in [1.165, 1.54) is 38.5 Å². The third-order valence-electron chi connectivity index (χ3n) is 4.28. The number of carbonyl (C=O) groups excluding carboxylic acids is 1. The van der Waals surface area contributed by atoms with Crippen LogP contribution in [0.4, 0.5) is 0 Å². The van der Waals surface area contributed by atoms with Crippen molar-refractivity contribution in [1.82, 2.24) is 10.6 Å². The zero-order valence-corrected chi connectivity index (χ0v) is 10.8. The van der Waals surface area contributed by atoms with Crippen LogP contribution >= 0.6 is 0 Å². The van der Waals surface area contributed by atoms with Crippen molar-refractivity contribution in [2.24, 2.45) is 11.8 Å². The summed E-state index contributed by atoms with van der Waals surface area (Å²) in [5.74, 6) is 1.88. The van der Waals surface area contributed by atoms with E-state index in [1.807, 2.05) is 0 Å². The molecule has 2 N–H and O–H groups in total. The molecule has 3 nitrogen and oxygen atoms in total. The first-order chi connectivity index (χ1) is 8.34. The van der Waals surface area contributed by atoms with E-state index in [1.54, 1.807) is 0 Å². The van der Waals surface area contributed by atoms with E-state index in [4.69, 9.17) is 0 Å². The number of piperidine rings is 1. The normalized spacial score (nSPS) is 25.3. The highest BCUT2D eigenvalue weighted by molar-refractivity contribution is 5.75. The minimum Gasteiger partial charge on any atom is -0.356 e. The van der Waals surface area contributed by atoms with Gasteiger partial charge in [-0.3, -0.25) is 4.79 Å². The van der Waals surface area contributed by atoms with Crippen LogP contribution in [-0.4, -0.2) is 25.5 Å². The molecule has 1 saturated carbocycles. The lowest BCUT2D eigenvalue weighted by molar-refractivity contribution is -0.121. The molecule has 98 valence electrons. The first kappa shape index (κ1) is 12.9. The lowest BCUT2D eigenvalue weighted by Gasteiger charge is -2.25. The number of rotatable bonds is 6. The van der Waals surface area contributed by atoms with Crippen LogP contribution < -0.4 is 10.6 Å². The van der Waals surface area contributed by atoms with E-state index >= 15 is 0 Å². The molecule has 0 spiro atoms. The Hall–Kier alpha value is -0.570. The Kier molecular flexibility index (Phi) is 5.30. The van der Waals surface area contributed by atoms with Gasteiger partial charge in [0.25, 0.3) is 0 Å². The van der Waals surface area contributed by atoms with E-state index in [9.17, 15) is 4.79 Å². The smallest absolute Gasteiger partial charge is 0.220 e. The summed E-state index contributed by atoms with van der Waals surface area (Å²) in [5.41, 5.74) is 0. The van der Waals surface area contributed by atoms with Gasteiger partial charge >= 0.3 is 0 Å². The summed E-state index contributed by atoms with van der Waals surface area (Å²) in [4.78, 5) is 11.6. The van der Waals surface area contributed by atoms with E-state index in [0.29, 0.717) is 0 Å². The SMILES string of the molecule is O=C(CCC1CCCNC1)NCCC1CCC1. The van der Waals surface area contributed by atoms with Gasteiger partial charge in [0.1, 0.15) is 0 Å². The van der Waals surface area contributed by atoms with Crippen LogP contribution in [0.3, 0.4) is 0 Å². The Morgan fingerprint density at radius 1 is 1.12 bits per heavy atom. The minimum atomic E-state index is 0.259. The number of hydrogen-bond donors (Lipinski definition) is 2. The Labute approximate surface area is 105 Å². The topological polar surface area (TPSA) is 41.1 Å². The zero-order chi connectivity index (χ0) is 11.9. The van der Waals surface area contributed by atoms with Crippen molar-refractivity contribution in [2.45, 2.75) is 51.4 Å². The molecule has 0 bridgehead atoms. The van der Waals surface area contributed by atoms with Gasteiger partial charge in [0, 0.05) is 13.0 Å². The molecular weight excluding hydrogens is 212 g/mol. The van der Waals surface area contributed by atoms with Crippen molar-refractivity contribution in [1.29, 1.82) is 0 Å². The highest BCUT2D eigenvalue weighted by Gasteiger charge is 2.17. The average molecular weight is 238 g/mol. The Morgan fingerprint density at radius 3 is 2.59 bits per heavy atom. The fourth-order valence-corrected chi connectivity index (χ4v) is 2.79. The second-order valence-electron chi connectivity index (χ2n) is 5.69. The first-order valence-corrected chi connectivity index (χ1v) is 7.32. The van der Waals surface area contributed by atoms with Gasteiger partial charge in [0.15, 0.2) is 0 Å². The summed E-state index contributed by atoms with van der Waals surface area (Å²) in [6, 6.07) is 0. The number of carbonyl (C=O) groups is 1. The molecule has 0 radical (unpaired) electrons. The molecule has 1 atom stereocenters. The van der Waals surface area contributed by atoms with Crippen LogP contribution in [0.2, 0.25) is 0 Å². The van der Waals surface area contributed by atoms with Gasteiger partial charge < -0.3 is 10.6 Å². The van der Waals surface area contributed by atoms with Gasteiger partial charge in [0.2, 0.25) is 5.91 Å². The molecule has 1 unspecified atom stereocenters. The Bertz CT molecular complexity index is 232. The van der Waals surface area contributed by atoms with Crippen LogP contribution in [0.15, 0.2) is 0 Å². The number of hydrogen-bond acceptors (Lipinski definition) is 2. The molecule has 3 heteroatoms. The van der Waals surface area contributed by atoms with Crippen LogP contribution in [0.25, 0.3) is 0 Å².